The summed E-state index contributed by atoms with van der Waals surface area (Å²) in [6.45, 7) is 3.22. The van der Waals surface area contributed by atoms with Gasteiger partial charge in [0.2, 0.25) is 5.91 Å². The molecule has 0 radical (unpaired) electrons. The second-order valence-corrected chi connectivity index (χ2v) is 7.02. The number of halogens is 2. The molecule has 0 saturated carbocycles. The van der Waals surface area contributed by atoms with Crippen LogP contribution in [0.2, 0.25) is 10.0 Å². The van der Waals surface area contributed by atoms with E-state index >= 15 is 0 Å². The van der Waals surface area contributed by atoms with Crippen molar-refractivity contribution in [1.29, 1.82) is 0 Å². The first-order valence-electron chi connectivity index (χ1n) is 8.73. The quantitative estimate of drug-likeness (QED) is 0.627. The lowest BCUT2D eigenvalue weighted by molar-refractivity contribution is -0.121. The van der Waals surface area contributed by atoms with Gasteiger partial charge in [-0.1, -0.05) is 48.3 Å². The number of rotatable bonds is 7. The fourth-order valence-corrected chi connectivity index (χ4v) is 3.26. The van der Waals surface area contributed by atoms with Crippen LogP contribution in [0.3, 0.4) is 0 Å². The van der Waals surface area contributed by atoms with Gasteiger partial charge in [-0.05, 0) is 36.2 Å². The fraction of sp³-hybridized carbons (Fsp3) is 0.300. The highest BCUT2D eigenvalue weighted by Gasteiger charge is 2.12. The molecule has 0 unspecified atom stereocenters. The molecule has 26 heavy (non-hydrogen) atoms. The summed E-state index contributed by atoms with van der Waals surface area (Å²) in [4.78, 5) is 16.4. The average Bonchev–Trinajstić information content (AvgIpc) is 2.96. The second-order valence-electron chi connectivity index (χ2n) is 6.20. The molecule has 3 rings (SSSR count). The van der Waals surface area contributed by atoms with E-state index in [2.05, 4.69) is 16.0 Å². The van der Waals surface area contributed by atoms with Crippen LogP contribution in [-0.2, 0) is 17.8 Å². The van der Waals surface area contributed by atoms with Crippen LogP contribution in [0, 0.1) is 0 Å². The van der Waals surface area contributed by atoms with Gasteiger partial charge in [0.25, 0.3) is 0 Å². The number of hydrogen-bond acceptors (Lipinski definition) is 2. The first-order valence-corrected chi connectivity index (χ1v) is 9.49. The summed E-state index contributed by atoms with van der Waals surface area (Å²) >= 11 is 12.2. The topological polar surface area (TPSA) is 46.9 Å². The molecule has 0 spiro atoms. The van der Waals surface area contributed by atoms with Gasteiger partial charge in [-0.3, -0.25) is 4.79 Å². The zero-order valence-electron chi connectivity index (χ0n) is 14.6. The van der Waals surface area contributed by atoms with E-state index in [1.165, 1.54) is 0 Å². The summed E-state index contributed by atoms with van der Waals surface area (Å²) in [7, 11) is 0. The predicted molar refractivity (Wildman–Crippen MR) is 107 cm³/mol. The molecule has 1 amide bonds. The van der Waals surface area contributed by atoms with Gasteiger partial charge >= 0.3 is 0 Å². The van der Waals surface area contributed by atoms with Crippen LogP contribution in [0.5, 0.6) is 0 Å². The molecule has 1 aromatic heterocycles. The van der Waals surface area contributed by atoms with Crippen LogP contribution < -0.4 is 5.32 Å². The van der Waals surface area contributed by atoms with Crippen molar-refractivity contribution in [2.24, 2.45) is 0 Å². The van der Waals surface area contributed by atoms with Crippen molar-refractivity contribution in [2.45, 2.75) is 32.7 Å². The number of imidazole rings is 1. The largest absolute Gasteiger partial charge is 0.356 e. The van der Waals surface area contributed by atoms with Gasteiger partial charge in [0.15, 0.2) is 0 Å². The maximum absolute atomic E-state index is 11.7. The van der Waals surface area contributed by atoms with E-state index in [-0.39, 0.29) is 5.91 Å². The molecular weight excluding hydrogens is 369 g/mol. The van der Waals surface area contributed by atoms with Gasteiger partial charge < -0.3 is 9.88 Å². The van der Waals surface area contributed by atoms with E-state index < -0.39 is 0 Å². The minimum Gasteiger partial charge on any atom is -0.356 e. The number of carbonyl (C=O) groups excluding carboxylic acids is 1. The molecule has 0 bridgehead atoms. The van der Waals surface area contributed by atoms with E-state index in [4.69, 9.17) is 28.2 Å². The van der Waals surface area contributed by atoms with Gasteiger partial charge in [-0.2, -0.15) is 0 Å². The van der Waals surface area contributed by atoms with Crippen molar-refractivity contribution < 1.29 is 4.79 Å². The summed E-state index contributed by atoms with van der Waals surface area (Å²) in [5.41, 5.74) is 3.06. The van der Waals surface area contributed by atoms with E-state index in [9.17, 15) is 4.79 Å². The van der Waals surface area contributed by atoms with Crippen molar-refractivity contribution in [1.82, 2.24) is 14.9 Å². The molecule has 0 aliphatic rings. The SMILES string of the molecule is CCCC(=O)NCCc1nc2ccccc2n1Cc1ccc(Cl)c(Cl)c1. The molecule has 0 atom stereocenters. The highest BCUT2D eigenvalue weighted by molar-refractivity contribution is 6.42. The molecule has 136 valence electrons. The molecule has 0 aliphatic heterocycles. The number of nitrogens with zero attached hydrogens (tertiary/aromatic N) is 2. The lowest BCUT2D eigenvalue weighted by Crippen LogP contribution is -2.26. The Morgan fingerprint density at radius 1 is 1.15 bits per heavy atom. The summed E-state index contributed by atoms with van der Waals surface area (Å²) in [5.74, 6) is 1.02. The monoisotopic (exact) mass is 389 g/mol. The minimum atomic E-state index is 0.0830. The van der Waals surface area contributed by atoms with Gasteiger partial charge in [0.1, 0.15) is 5.82 Å². The van der Waals surface area contributed by atoms with E-state index in [1.807, 2.05) is 43.3 Å². The van der Waals surface area contributed by atoms with Gasteiger partial charge in [0, 0.05) is 25.9 Å². The number of amides is 1. The van der Waals surface area contributed by atoms with E-state index in [0.29, 0.717) is 36.0 Å². The summed E-state index contributed by atoms with van der Waals surface area (Å²) in [5, 5.41) is 4.04. The molecule has 1 heterocycles. The highest BCUT2D eigenvalue weighted by Crippen LogP contribution is 2.24. The Hall–Kier alpha value is -2.04. The van der Waals surface area contributed by atoms with Gasteiger partial charge in [-0.25, -0.2) is 4.98 Å². The van der Waals surface area contributed by atoms with E-state index in [0.717, 1.165) is 28.8 Å². The Morgan fingerprint density at radius 2 is 1.96 bits per heavy atom. The van der Waals surface area contributed by atoms with Crippen LogP contribution >= 0.6 is 23.2 Å². The number of carbonyl (C=O) groups is 1. The summed E-state index contributed by atoms with van der Waals surface area (Å²) < 4.78 is 2.17. The summed E-state index contributed by atoms with van der Waals surface area (Å²) in [6, 6.07) is 13.7. The number of benzene rings is 2. The smallest absolute Gasteiger partial charge is 0.219 e. The molecule has 1 N–H and O–H groups in total. The van der Waals surface area contributed by atoms with Crippen LogP contribution in [0.15, 0.2) is 42.5 Å². The lowest BCUT2D eigenvalue weighted by Gasteiger charge is -2.11. The highest BCUT2D eigenvalue weighted by atomic mass is 35.5. The Kier molecular flexibility index (Phi) is 6.17. The van der Waals surface area contributed by atoms with Crippen molar-refractivity contribution in [3.05, 3.63) is 63.9 Å². The third-order valence-electron chi connectivity index (χ3n) is 4.21. The van der Waals surface area contributed by atoms with Crippen molar-refractivity contribution in [3.8, 4) is 0 Å². The Balaban J connectivity index is 1.84. The number of fused-ring (bicyclic) bond motifs is 1. The normalized spacial score (nSPS) is 11.0. The van der Waals surface area contributed by atoms with Crippen LogP contribution in [0.1, 0.15) is 31.2 Å². The molecule has 4 nitrogen and oxygen atoms in total. The molecular formula is C20H21Cl2N3O. The molecule has 2 aromatic carbocycles. The fourth-order valence-electron chi connectivity index (χ4n) is 2.94. The first kappa shape index (κ1) is 18.7. The number of nitrogens with one attached hydrogen (secondary N) is 1. The minimum absolute atomic E-state index is 0.0830. The Morgan fingerprint density at radius 3 is 2.73 bits per heavy atom. The standard InChI is InChI=1S/C20H21Cl2N3O/c1-2-5-20(26)23-11-10-19-24-17-6-3-4-7-18(17)25(19)13-14-8-9-15(21)16(22)12-14/h3-4,6-9,12H,2,5,10-11,13H2,1H3,(H,23,26). The maximum atomic E-state index is 11.7. The van der Waals surface area contributed by atoms with Crippen molar-refractivity contribution in [2.75, 3.05) is 6.54 Å². The first-order chi connectivity index (χ1) is 12.6. The Bertz CT molecular complexity index is 921. The molecule has 6 heteroatoms. The molecule has 0 aliphatic carbocycles. The van der Waals surface area contributed by atoms with Crippen molar-refractivity contribution in [3.63, 3.8) is 0 Å². The molecule has 0 fully saturated rings. The van der Waals surface area contributed by atoms with Crippen LogP contribution in [0.4, 0.5) is 0 Å². The zero-order chi connectivity index (χ0) is 18.5. The second kappa shape index (κ2) is 8.56. The molecule has 0 saturated heterocycles. The molecule has 3 aromatic rings. The van der Waals surface area contributed by atoms with Gasteiger partial charge in [-0.15, -0.1) is 0 Å². The predicted octanol–water partition coefficient (Wildman–Crippen LogP) is 4.85. The number of para-hydroxylation sites is 2. The zero-order valence-corrected chi connectivity index (χ0v) is 16.1. The van der Waals surface area contributed by atoms with Crippen LogP contribution in [0.25, 0.3) is 11.0 Å². The third kappa shape index (κ3) is 4.37. The van der Waals surface area contributed by atoms with Gasteiger partial charge in [0.05, 0.1) is 21.1 Å². The lowest BCUT2D eigenvalue weighted by atomic mass is 10.2. The van der Waals surface area contributed by atoms with Crippen molar-refractivity contribution >= 4 is 40.1 Å². The van der Waals surface area contributed by atoms with Crippen LogP contribution in [-0.4, -0.2) is 22.0 Å². The third-order valence-corrected chi connectivity index (χ3v) is 4.95. The van der Waals surface area contributed by atoms with E-state index in [1.54, 1.807) is 0 Å². The number of hydrogen-bond donors (Lipinski definition) is 1. The summed E-state index contributed by atoms with van der Waals surface area (Å²) in [6.07, 6.45) is 2.08. The Labute approximate surface area is 163 Å². The number of aromatic nitrogens is 2. The maximum Gasteiger partial charge on any atom is 0.219 e. The average molecular weight is 390 g/mol.